The van der Waals surface area contributed by atoms with E-state index in [9.17, 15) is 0 Å². The Morgan fingerprint density at radius 3 is 1.51 bits per heavy atom. The lowest BCUT2D eigenvalue weighted by Gasteiger charge is -2.26. The Hall–Kier alpha value is -8.14. The van der Waals surface area contributed by atoms with Gasteiger partial charge in [-0.2, -0.15) is 0 Å². The van der Waals surface area contributed by atoms with Gasteiger partial charge >= 0.3 is 0 Å². The molecule has 0 aliphatic carbocycles. The van der Waals surface area contributed by atoms with Gasteiger partial charge in [-0.05, 0) is 99.4 Å². The first-order valence-electron chi connectivity index (χ1n) is 20.8. The van der Waals surface area contributed by atoms with Crippen LogP contribution in [-0.4, -0.2) is 4.57 Å². The highest BCUT2D eigenvalue weighted by atomic mass is 16.3. The van der Waals surface area contributed by atoms with Crippen LogP contribution < -0.4 is 4.90 Å². The molecule has 3 nitrogen and oxygen atoms in total. The maximum absolute atomic E-state index is 6.40. The van der Waals surface area contributed by atoms with Gasteiger partial charge in [0.2, 0.25) is 0 Å². The molecule has 0 atom stereocenters. The number of aromatic nitrogens is 1. The van der Waals surface area contributed by atoms with Crippen LogP contribution in [0.2, 0.25) is 0 Å². The molecule has 286 valence electrons. The van der Waals surface area contributed by atoms with Crippen molar-refractivity contribution < 1.29 is 4.42 Å². The number of benzene rings is 10. The van der Waals surface area contributed by atoms with E-state index in [-0.39, 0.29) is 0 Å². The van der Waals surface area contributed by atoms with Gasteiger partial charge in [-0.1, -0.05) is 164 Å². The van der Waals surface area contributed by atoms with Crippen molar-refractivity contribution in [3.8, 4) is 39.1 Å². The Balaban J connectivity index is 0.949. The number of hydrogen-bond acceptors (Lipinski definition) is 2. The van der Waals surface area contributed by atoms with E-state index in [0.29, 0.717) is 0 Å². The summed E-state index contributed by atoms with van der Waals surface area (Å²) in [7, 11) is 0. The van der Waals surface area contributed by atoms with Gasteiger partial charge in [0.25, 0.3) is 0 Å². The summed E-state index contributed by atoms with van der Waals surface area (Å²) in [6.45, 7) is 0. The molecule has 10 aromatic carbocycles. The highest BCUT2D eigenvalue weighted by Crippen LogP contribution is 2.42. The Morgan fingerprint density at radius 1 is 0.311 bits per heavy atom. The van der Waals surface area contributed by atoms with Crippen molar-refractivity contribution in [2.75, 3.05) is 4.90 Å². The van der Waals surface area contributed by atoms with Crippen LogP contribution in [0.3, 0.4) is 0 Å². The minimum Gasteiger partial charge on any atom is -0.456 e. The molecule has 12 aromatic rings. The number of hydrogen-bond donors (Lipinski definition) is 0. The lowest BCUT2D eigenvalue weighted by atomic mass is 10.00. The van der Waals surface area contributed by atoms with Crippen LogP contribution in [0.4, 0.5) is 17.1 Å². The third-order valence-electron chi connectivity index (χ3n) is 12.2. The lowest BCUT2D eigenvalue weighted by Crippen LogP contribution is -2.09. The molecule has 2 aromatic heterocycles. The fourth-order valence-electron chi connectivity index (χ4n) is 9.20. The highest BCUT2D eigenvalue weighted by Gasteiger charge is 2.18. The fraction of sp³-hybridized carbons (Fsp3) is 0. The zero-order chi connectivity index (χ0) is 40.3. The summed E-state index contributed by atoms with van der Waals surface area (Å²) < 4.78 is 8.84. The van der Waals surface area contributed by atoms with Gasteiger partial charge in [0, 0.05) is 55.7 Å². The van der Waals surface area contributed by atoms with E-state index < -0.39 is 0 Å². The predicted molar refractivity (Wildman–Crippen MR) is 257 cm³/mol. The van der Waals surface area contributed by atoms with Gasteiger partial charge in [-0.3, -0.25) is 0 Å². The molecule has 0 spiro atoms. The number of fused-ring (bicyclic) bond motifs is 8. The van der Waals surface area contributed by atoms with Gasteiger partial charge in [-0.15, -0.1) is 0 Å². The van der Waals surface area contributed by atoms with Gasteiger partial charge in [-0.25, -0.2) is 0 Å². The zero-order valence-electron chi connectivity index (χ0n) is 33.2. The standard InChI is InChI=1S/C58H38N2O/c1-3-11-39(12-4-1)40-19-21-41(22-20-40)42-23-29-47(30-24-42)59(49-33-36-53-52-17-9-10-18-56(52)61-57(53)38-49)48-31-25-43(26-32-48)45-28-34-51-54-35-27-44-13-7-8-16-50(44)58(54)60(55(51)37-45)46-14-5-2-6-15-46/h1-38H. The molecule has 0 aliphatic heterocycles. The van der Waals surface area contributed by atoms with Crippen LogP contribution in [0, 0.1) is 0 Å². The number of nitrogens with zero attached hydrogens (tertiary/aromatic N) is 2. The Labute approximate surface area is 353 Å². The summed E-state index contributed by atoms with van der Waals surface area (Å²) >= 11 is 0. The molecule has 0 saturated heterocycles. The average Bonchev–Trinajstić information content (AvgIpc) is 3.88. The third kappa shape index (κ3) is 5.98. The van der Waals surface area contributed by atoms with E-state index in [1.54, 1.807) is 0 Å². The van der Waals surface area contributed by atoms with Gasteiger partial charge in [0.05, 0.1) is 11.0 Å². The monoisotopic (exact) mass is 778 g/mol. The van der Waals surface area contributed by atoms with Crippen molar-refractivity contribution in [2.45, 2.75) is 0 Å². The normalized spacial score (nSPS) is 11.6. The Bertz CT molecular complexity index is 3550. The molecule has 0 amide bonds. The van der Waals surface area contributed by atoms with Crippen molar-refractivity contribution in [2.24, 2.45) is 0 Å². The van der Waals surface area contributed by atoms with Crippen molar-refractivity contribution in [1.82, 2.24) is 4.57 Å². The molecule has 2 heterocycles. The van der Waals surface area contributed by atoms with Crippen molar-refractivity contribution in [3.05, 3.63) is 231 Å². The van der Waals surface area contributed by atoms with Crippen LogP contribution in [0.15, 0.2) is 235 Å². The smallest absolute Gasteiger partial charge is 0.137 e. The van der Waals surface area contributed by atoms with Gasteiger partial charge in [0.15, 0.2) is 0 Å². The van der Waals surface area contributed by atoms with Crippen molar-refractivity contribution >= 4 is 71.6 Å². The summed E-state index contributed by atoms with van der Waals surface area (Å²) in [5.41, 5.74) is 15.6. The van der Waals surface area contributed by atoms with E-state index in [0.717, 1.165) is 50.3 Å². The molecule has 0 bridgehead atoms. The number of para-hydroxylation sites is 2. The second-order valence-corrected chi connectivity index (χ2v) is 15.7. The van der Waals surface area contributed by atoms with E-state index >= 15 is 0 Å². The summed E-state index contributed by atoms with van der Waals surface area (Å²) in [5.74, 6) is 0. The summed E-state index contributed by atoms with van der Waals surface area (Å²) in [6, 6.07) is 82.9. The largest absolute Gasteiger partial charge is 0.456 e. The van der Waals surface area contributed by atoms with Gasteiger partial charge < -0.3 is 13.9 Å². The zero-order valence-corrected chi connectivity index (χ0v) is 33.2. The molecule has 0 unspecified atom stereocenters. The first-order chi connectivity index (χ1) is 30.2. The second-order valence-electron chi connectivity index (χ2n) is 15.7. The Kier molecular flexibility index (Phi) is 8.17. The molecule has 0 saturated carbocycles. The quantitative estimate of drug-likeness (QED) is 0.161. The van der Waals surface area contributed by atoms with Gasteiger partial charge in [0.1, 0.15) is 11.2 Å². The number of anilines is 3. The Morgan fingerprint density at radius 2 is 0.803 bits per heavy atom. The third-order valence-corrected chi connectivity index (χ3v) is 12.2. The molecule has 0 aliphatic rings. The van der Waals surface area contributed by atoms with E-state index in [4.69, 9.17) is 4.42 Å². The molecular weight excluding hydrogens is 741 g/mol. The molecule has 0 radical (unpaired) electrons. The van der Waals surface area contributed by atoms with E-state index in [2.05, 4.69) is 228 Å². The minimum absolute atomic E-state index is 0.866. The summed E-state index contributed by atoms with van der Waals surface area (Å²) in [4.78, 5) is 2.32. The molecule has 3 heteroatoms. The number of furan rings is 1. The number of rotatable bonds is 7. The molecule has 0 N–H and O–H groups in total. The molecule has 61 heavy (non-hydrogen) atoms. The van der Waals surface area contributed by atoms with Crippen LogP contribution in [-0.2, 0) is 0 Å². The minimum atomic E-state index is 0.866. The van der Waals surface area contributed by atoms with E-state index in [1.165, 1.54) is 60.4 Å². The molecule has 0 fully saturated rings. The second kappa shape index (κ2) is 14.3. The van der Waals surface area contributed by atoms with Crippen molar-refractivity contribution in [3.63, 3.8) is 0 Å². The van der Waals surface area contributed by atoms with Crippen LogP contribution >= 0.6 is 0 Å². The maximum atomic E-state index is 6.40. The van der Waals surface area contributed by atoms with E-state index in [1.807, 2.05) is 12.1 Å². The van der Waals surface area contributed by atoms with Crippen LogP contribution in [0.25, 0.3) is 93.6 Å². The topological polar surface area (TPSA) is 21.3 Å². The lowest BCUT2D eigenvalue weighted by molar-refractivity contribution is 0.669. The fourth-order valence-corrected chi connectivity index (χ4v) is 9.20. The van der Waals surface area contributed by atoms with Crippen LogP contribution in [0.5, 0.6) is 0 Å². The predicted octanol–water partition coefficient (Wildman–Crippen LogP) is 16.3. The average molecular weight is 779 g/mol. The van der Waals surface area contributed by atoms with Crippen molar-refractivity contribution in [1.29, 1.82) is 0 Å². The summed E-state index contributed by atoms with van der Waals surface area (Å²) in [5, 5.41) is 7.22. The first-order valence-corrected chi connectivity index (χ1v) is 20.8. The molecule has 12 rings (SSSR count). The van der Waals surface area contributed by atoms with Crippen LogP contribution in [0.1, 0.15) is 0 Å². The summed E-state index contributed by atoms with van der Waals surface area (Å²) in [6.07, 6.45) is 0. The maximum Gasteiger partial charge on any atom is 0.137 e. The first kappa shape index (κ1) is 34.9. The SMILES string of the molecule is c1ccc(-c2ccc(-c3ccc(N(c4ccc(-c5ccc6c7ccc8ccccc8c7n(-c7ccccc7)c6c5)cc4)c4ccc5c(c4)oc4ccccc45)cc3)cc2)cc1. The molecular formula is C58H38N2O. The highest BCUT2D eigenvalue weighted by molar-refractivity contribution is 6.19.